The summed E-state index contributed by atoms with van der Waals surface area (Å²) in [5, 5.41) is 0. The molecule has 0 N–H and O–H groups in total. The van der Waals surface area contributed by atoms with Crippen LogP contribution in [0.4, 0.5) is 5.88 Å². The second-order valence-electron chi connectivity index (χ2n) is 5.18. The van der Waals surface area contributed by atoms with Gasteiger partial charge in [0.2, 0.25) is 0 Å². The molecule has 0 saturated carbocycles. The lowest BCUT2D eigenvalue weighted by Gasteiger charge is -2.25. The first-order chi connectivity index (χ1) is 8.84. The molecular formula is C14H20N2O2. The number of nitrogens with zero attached hydrogens (tertiary/aromatic N) is 2. The van der Waals surface area contributed by atoms with Gasteiger partial charge in [0.15, 0.2) is 11.6 Å². The summed E-state index contributed by atoms with van der Waals surface area (Å²) in [6, 6.07) is 3.76. The summed E-state index contributed by atoms with van der Waals surface area (Å²) >= 11 is 0. The monoisotopic (exact) mass is 248 g/mol. The molecule has 2 fully saturated rings. The van der Waals surface area contributed by atoms with Gasteiger partial charge in [0.25, 0.3) is 5.91 Å². The first kappa shape index (κ1) is 11.6. The minimum Gasteiger partial charge on any atom is -0.435 e. The normalized spacial score (nSPS) is 20.4. The third-order valence-corrected chi connectivity index (χ3v) is 3.86. The van der Waals surface area contributed by atoms with Gasteiger partial charge in [-0.3, -0.25) is 4.79 Å². The maximum absolute atomic E-state index is 12.2. The van der Waals surface area contributed by atoms with Crippen LogP contribution >= 0.6 is 0 Å². The summed E-state index contributed by atoms with van der Waals surface area (Å²) in [5.41, 5.74) is 0. The van der Waals surface area contributed by atoms with Gasteiger partial charge in [-0.2, -0.15) is 0 Å². The number of furan rings is 1. The number of likely N-dealkylation sites (tertiary alicyclic amines) is 1. The summed E-state index contributed by atoms with van der Waals surface area (Å²) in [5.74, 6) is 1.41. The van der Waals surface area contributed by atoms with E-state index in [0.717, 1.165) is 44.9 Å². The Bertz CT molecular complexity index is 415. The van der Waals surface area contributed by atoms with Crippen LogP contribution in [0.1, 0.15) is 42.7 Å². The van der Waals surface area contributed by atoms with E-state index in [1.165, 1.54) is 19.3 Å². The SMILES string of the molecule is O=C(c1ccc(N2CCCC2)o1)N1CCCCC1. The van der Waals surface area contributed by atoms with Gasteiger partial charge in [0.1, 0.15) is 0 Å². The van der Waals surface area contributed by atoms with Crippen molar-refractivity contribution in [3.8, 4) is 0 Å². The Labute approximate surface area is 108 Å². The Morgan fingerprint density at radius 2 is 1.61 bits per heavy atom. The molecule has 0 bridgehead atoms. The van der Waals surface area contributed by atoms with Crippen LogP contribution in [0.25, 0.3) is 0 Å². The summed E-state index contributed by atoms with van der Waals surface area (Å²) < 4.78 is 5.72. The number of anilines is 1. The molecule has 0 spiro atoms. The fraction of sp³-hybridized carbons (Fsp3) is 0.643. The Balaban J connectivity index is 1.69. The van der Waals surface area contributed by atoms with Gasteiger partial charge < -0.3 is 14.2 Å². The highest BCUT2D eigenvalue weighted by atomic mass is 16.4. The van der Waals surface area contributed by atoms with E-state index in [0.29, 0.717) is 5.76 Å². The van der Waals surface area contributed by atoms with Gasteiger partial charge in [-0.1, -0.05) is 0 Å². The van der Waals surface area contributed by atoms with Crippen LogP contribution < -0.4 is 4.90 Å². The lowest BCUT2D eigenvalue weighted by Crippen LogP contribution is -2.35. The van der Waals surface area contributed by atoms with E-state index in [4.69, 9.17) is 4.42 Å². The molecule has 4 heteroatoms. The second-order valence-corrected chi connectivity index (χ2v) is 5.18. The summed E-state index contributed by atoms with van der Waals surface area (Å²) in [7, 11) is 0. The third kappa shape index (κ3) is 2.24. The van der Waals surface area contributed by atoms with Crippen LogP contribution in [0.15, 0.2) is 16.5 Å². The Hall–Kier alpha value is -1.45. The van der Waals surface area contributed by atoms with Crippen molar-refractivity contribution in [2.45, 2.75) is 32.1 Å². The van der Waals surface area contributed by atoms with E-state index >= 15 is 0 Å². The van der Waals surface area contributed by atoms with Gasteiger partial charge in [0.05, 0.1) is 0 Å². The minimum absolute atomic E-state index is 0.0557. The zero-order valence-electron chi connectivity index (χ0n) is 10.7. The number of carbonyl (C=O) groups is 1. The molecule has 0 atom stereocenters. The molecular weight excluding hydrogens is 228 g/mol. The van der Waals surface area contributed by atoms with Crippen molar-refractivity contribution < 1.29 is 9.21 Å². The Morgan fingerprint density at radius 1 is 0.944 bits per heavy atom. The number of carbonyl (C=O) groups excluding carboxylic acids is 1. The van der Waals surface area contributed by atoms with E-state index in [1.54, 1.807) is 0 Å². The summed E-state index contributed by atoms with van der Waals surface area (Å²) in [4.78, 5) is 16.4. The number of rotatable bonds is 2. The zero-order chi connectivity index (χ0) is 12.4. The summed E-state index contributed by atoms with van der Waals surface area (Å²) in [6.45, 7) is 3.84. The van der Waals surface area contributed by atoms with Crippen molar-refractivity contribution in [3.63, 3.8) is 0 Å². The van der Waals surface area contributed by atoms with Gasteiger partial charge in [-0.15, -0.1) is 0 Å². The van der Waals surface area contributed by atoms with Crippen molar-refractivity contribution in [1.82, 2.24) is 4.90 Å². The molecule has 0 aromatic carbocycles. The van der Waals surface area contributed by atoms with Crippen LogP contribution in [0.5, 0.6) is 0 Å². The van der Waals surface area contributed by atoms with Crippen molar-refractivity contribution in [2.24, 2.45) is 0 Å². The van der Waals surface area contributed by atoms with Crippen molar-refractivity contribution >= 4 is 11.8 Å². The number of amides is 1. The lowest BCUT2D eigenvalue weighted by atomic mass is 10.1. The predicted octanol–water partition coefficient (Wildman–Crippen LogP) is 2.51. The molecule has 2 aliphatic rings. The molecule has 98 valence electrons. The summed E-state index contributed by atoms with van der Waals surface area (Å²) in [6.07, 6.45) is 5.91. The second kappa shape index (κ2) is 5.04. The molecule has 18 heavy (non-hydrogen) atoms. The molecule has 1 aromatic rings. The van der Waals surface area contributed by atoms with E-state index < -0.39 is 0 Å². The quantitative estimate of drug-likeness (QED) is 0.807. The molecule has 1 amide bonds. The van der Waals surface area contributed by atoms with Gasteiger partial charge in [-0.25, -0.2) is 0 Å². The number of hydrogen-bond donors (Lipinski definition) is 0. The molecule has 2 aliphatic heterocycles. The highest BCUT2D eigenvalue weighted by Gasteiger charge is 2.23. The highest BCUT2D eigenvalue weighted by Crippen LogP contribution is 2.24. The standard InChI is InChI=1S/C14H20N2O2/c17-14(16-10-2-1-3-11-16)12-6-7-13(18-12)15-8-4-5-9-15/h6-7H,1-5,8-11H2. The molecule has 4 nitrogen and oxygen atoms in total. The maximum atomic E-state index is 12.2. The van der Waals surface area contributed by atoms with Crippen LogP contribution in [-0.2, 0) is 0 Å². The highest BCUT2D eigenvalue weighted by molar-refractivity contribution is 5.92. The smallest absolute Gasteiger partial charge is 0.289 e. The molecule has 3 rings (SSSR count). The topological polar surface area (TPSA) is 36.7 Å². The van der Waals surface area contributed by atoms with Gasteiger partial charge in [-0.05, 0) is 38.2 Å². The first-order valence-electron chi connectivity index (χ1n) is 6.99. The molecule has 1 aromatic heterocycles. The van der Waals surface area contributed by atoms with Crippen molar-refractivity contribution in [3.05, 3.63) is 17.9 Å². The molecule has 2 saturated heterocycles. The maximum Gasteiger partial charge on any atom is 0.289 e. The van der Waals surface area contributed by atoms with Gasteiger partial charge >= 0.3 is 0 Å². The van der Waals surface area contributed by atoms with E-state index in [9.17, 15) is 4.79 Å². The Morgan fingerprint density at radius 3 is 2.33 bits per heavy atom. The van der Waals surface area contributed by atoms with Crippen LogP contribution in [0.2, 0.25) is 0 Å². The zero-order valence-corrected chi connectivity index (χ0v) is 10.7. The predicted molar refractivity (Wildman–Crippen MR) is 69.9 cm³/mol. The molecule has 0 radical (unpaired) electrons. The fourth-order valence-corrected chi connectivity index (χ4v) is 2.80. The van der Waals surface area contributed by atoms with Crippen LogP contribution in [0.3, 0.4) is 0 Å². The van der Waals surface area contributed by atoms with Gasteiger partial charge in [0, 0.05) is 32.2 Å². The minimum atomic E-state index is 0.0557. The number of piperidine rings is 1. The molecule has 3 heterocycles. The fourth-order valence-electron chi connectivity index (χ4n) is 2.80. The molecule has 0 unspecified atom stereocenters. The lowest BCUT2D eigenvalue weighted by molar-refractivity contribution is 0.0693. The van der Waals surface area contributed by atoms with E-state index in [-0.39, 0.29) is 5.91 Å². The van der Waals surface area contributed by atoms with Crippen molar-refractivity contribution in [1.29, 1.82) is 0 Å². The third-order valence-electron chi connectivity index (χ3n) is 3.86. The van der Waals surface area contributed by atoms with Crippen LogP contribution in [-0.4, -0.2) is 37.0 Å². The van der Waals surface area contributed by atoms with Crippen LogP contribution in [0, 0.1) is 0 Å². The van der Waals surface area contributed by atoms with Crippen molar-refractivity contribution in [2.75, 3.05) is 31.1 Å². The molecule has 0 aliphatic carbocycles. The number of hydrogen-bond acceptors (Lipinski definition) is 3. The average Bonchev–Trinajstić information content (AvgIpc) is 3.09. The average molecular weight is 248 g/mol. The Kier molecular flexibility index (Phi) is 3.26. The first-order valence-corrected chi connectivity index (χ1v) is 6.99. The largest absolute Gasteiger partial charge is 0.435 e. The van der Waals surface area contributed by atoms with E-state index in [1.807, 2.05) is 17.0 Å². The van der Waals surface area contributed by atoms with E-state index in [2.05, 4.69) is 4.90 Å².